The standard InChI is InChI=1S/C64H70ClF3N8O8S2.H3NS/c65-47-16-14-45(15-17-47)51-23-25-63(41-75(42-63)58(78)10-5-26-69-54-9-4-8-52-59(54)62(81)76(61(52)80)55-21-22-57(77)71-60(55)79)38-46(51)39-73-28-30-74(31-29-73)49-18-11-43(12-19-49)36-44-13-20-53(56(37-44)86(82,83)64(66,67)68)70-48(24-27-72-32-34-84-35-33-72)40-85-50-6-2-1-3-7-50;1-2/h1-4,6-9,11-20,37,48,55,69-70H,5,10,21-36,38-42H2,(H,71,77,79);2H,1H2. The first-order valence-corrected chi connectivity index (χ1v) is 33.1. The Morgan fingerprint density at radius 1 is 0.830 bits per heavy atom. The number of fused-ring (bicyclic) bond motifs is 1. The summed E-state index contributed by atoms with van der Waals surface area (Å²) >= 11 is 10.9. The molecule has 0 saturated carbocycles. The van der Waals surface area contributed by atoms with E-state index in [9.17, 15) is 45.6 Å². The zero-order chi connectivity index (χ0) is 62.2. The molecule has 17 nitrogen and oxygen atoms in total. The Morgan fingerprint density at radius 3 is 2.25 bits per heavy atom. The van der Waals surface area contributed by atoms with E-state index >= 15 is 0 Å². The zero-order valence-electron chi connectivity index (χ0n) is 48.7. The molecule has 88 heavy (non-hydrogen) atoms. The van der Waals surface area contributed by atoms with Crippen molar-refractivity contribution in [2.45, 2.75) is 85.2 Å². The van der Waals surface area contributed by atoms with Crippen LogP contribution in [0.5, 0.6) is 0 Å². The van der Waals surface area contributed by atoms with Gasteiger partial charge in [0, 0.05) is 123 Å². The lowest BCUT2D eigenvalue weighted by atomic mass is 9.65. The summed E-state index contributed by atoms with van der Waals surface area (Å²) < 4.78 is 75.2. The van der Waals surface area contributed by atoms with Crippen molar-refractivity contribution in [1.82, 2.24) is 24.9 Å². The van der Waals surface area contributed by atoms with Crippen molar-refractivity contribution < 1.29 is 50.3 Å². The van der Waals surface area contributed by atoms with Gasteiger partial charge >= 0.3 is 5.51 Å². The van der Waals surface area contributed by atoms with Crippen molar-refractivity contribution in [2.24, 2.45) is 10.6 Å². The molecule has 0 bridgehead atoms. The average molecular weight is 1280 g/mol. The molecule has 5 N–H and O–H groups in total. The number of anilines is 3. The lowest BCUT2D eigenvalue weighted by Crippen LogP contribution is -2.59. The largest absolute Gasteiger partial charge is 0.501 e. The van der Waals surface area contributed by atoms with Crippen LogP contribution >= 0.6 is 36.2 Å². The summed E-state index contributed by atoms with van der Waals surface area (Å²) in [6, 6.07) is 33.6. The molecule has 0 radical (unpaired) electrons. The zero-order valence-corrected chi connectivity index (χ0v) is 52.0. The minimum Gasteiger partial charge on any atom is -0.384 e. The molecule has 24 heteroatoms. The van der Waals surface area contributed by atoms with Crippen LogP contribution in [0.1, 0.15) is 88.8 Å². The van der Waals surface area contributed by atoms with Crippen LogP contribution in [-0.4, -0.2) is 166 Å². The van der Waals surface area contributed by atoms with Gasteiger partial charge in [0.05, 0.1) is 34.9 Å². The summed E-state index contributed by atoms with van der Waals surface area (Å²) in [5.74, 6) is -1.70. The van der Waals surface area contributed by atoms with Crippen LogP contribution in [0.2, 0.25) is 5.02 Å². The number of carbonyl (C=O) groups excluding carboxylic acids is 5. The van der Waals surface area contributed by atoms with Crippen LogP contribution < -0.4 is 26.0 Å². The van der Waals surface area contributed by atoms with Crippen molar-refractivity contribution in [3.8, 4) is 0 Å². The fraction of sp³-hybridized carbons (Fsp3) is 0.422. The Balaban J connectivity index is 0.00000423. The van der Waals surface area contributed by atoms with Gasteiger partial charge in [-0.3, -0.25) is 49.1 Å². The van der Waals surface area contributed by atoms with E-state index < -0.39 is 49.9 Å². The number of nitrogens with one attached hydrogen (secondary N) is 3. The summed E-state index contributed by atoms with van der Waals surface area (Å²) in [5, 5.41) is 13.6. The number of imide groups is 2. The summed E-state index contributed by atoms with van der Waals surface area (Å²) in [5.41, 5.74) is 1.37. The number of hydrogen-bond donors (Lipinski definition) is 5. The van der Waals surface area contributed by atoms with Gasteiger partial charge in [0.25, 0.3) is 21.7 Å². The van der Waals surface area contributed by atoms with E-state index in [2.05, 4.69) is 60.7 Å². The number of allylic oxidation sites excluding steroid dienone is 1. The van der Waals surface area contributed by atoms with Crippen LogP contribution in [0.25, 0.3) is 5.57 Å². The van der Waals surface area contributed by atoms with E-state index in [1.54, 1.807) is 36.0 Å². The summed E-state index contributed by atoms with van der Waals surface area (Å²) in [7, 11) is -5.71. The first-order valence-electron chi connectivity index (χ1n) is 29.7. The third kappa shape index (κ3) is 15.1. The molecule has 5 amide bonds. The summed E-state index contributed by atoms with van der Waals surface area (Å²) in [6.45, 7) is 9.09. The minimum atomic E-state index is -5.71. The van der Waals surface area contributed by atoms with Crippen molar-refractivity contribution in [1.29, 1.82) is 0 Å². The number of ether oxygens (including phenoxy) is 1. The third-order valence-electron chi connectivity index (χ3n) is 17.5. The Hall–Kier alpha value is -6.44. The number of likely N-dealkylation sites (tertiary alicyclic amines) is 1. The molecule has 0 aromatic heterocycles. The number of morpholine rings is 1. The quantitative estimate of drug-likeness (QED) is 0.0201. The Bertz CT molecular complexity index is 3490. The fourth-order valence-corrected chi connectivity index (χ4v) is 14.9. The van der Waals surface area contributed by atoms with Crippen LogP contribution in [0.3, 0.4) is 0 Å². The van der Waals surface area contributed by atoms with Gasteiger partial charge in [0.2, 0.25) is 17.7 Å². The number of hydrogen-bond acceptors (Lipinski definition) is 16. The first kappa shape index (κ1) is 64.5. The molecule has 1 aliphatic carbocycles. The van der Waals surface area contributed by atoms with Gasteiger partial charge in [-0.2, -0.15) is 13.2 Å². The lowest BCUT2D eigenvalue weighted by Gasteiger charge is -2.53. The molecule has 6 aliphatic rings. The second-order valence-corrected chi connectivity index (χ2v) is 26.8. The maximum atomic E-state index is 14.4. The predicted molar refractivity (Wildman–Crippen MR) is 339 cm³/mol. The van der Waals surface area contributed by atoms with Gasteiger partial charge in [0.1, 0.15) is 6.04 Å². The highest BCUT2D eigenvalue weighted by atomic mass is 35.5. The Morgan fingerprint density at radius 2 is 1.55 bits per heavy atom. The average Bonchev–Trinajstić information content (AvgIpc) is 1.69. The van der Waals surface area contributed by atoms with E-state index in [1.165, 1.54) is 23.3 Å². The molecule has 2 unspecified atom stereocenters. The molecule has 468 valence electrons. The van der Waals surface area contributed by atoms with Gasteiger partial charge in [-0.15, -0.1) is 24.6 Å². The number of thiol groups is 1. The number of carbonyl (C=O) groups is 5. The highest BCUT2D eigenvalue weighted by molar-refractivity contribution is 7.99. The maximum Gasteiger partial charge on any atom is 0.501 e. The number of piperazine rings is 1. The molecule has 5 aromatic carbocycles. The van der Waals surface area contributed by atoms with Crippen molar-refractivity contribution >= 4 is 98.2 Å². The molecule has 5 aromatic rings. The number of amides is 5. The normalized spacial score (nSPS) is 19.4. The van der Waals surface area contributed by atoms with Gasteiger partial charge in [-0.1, -0.05) is 71.8 Å². The van der Waals surface area contributed by atoms with Crippen molar-refractivity contribution in [3.05, 3.63) is 154 Å². The summed E-state index contributed by atoms with van der Waals surface area (Å²) in [4.78, 5) is 75.0. The second kappa shape index (κ2) is 28.6. The molecule has 1 spiro atoms. The maximum absolute atomic E-state index is 14.4. The van der Waals surface area contributed by atoms with E-state index in [1.807, 2.05) is 71.6 Å². The molecule has 4 saturated heterocycles. The van der Waals surface area contributed by atoms with Crippen molar-refractivity contribution in [3.63, 3.8) is 0 Å². The lowest BCUT2D eigenvalue weighted by molar-refractivity contribution is -0.144. The molecule has 11 rings (SSSR count). The molecular formula is C64H73ClF3N9O8S3. The van der Waals surface area contributed by atoms with Gasteiger partial charge in [-0.25, -0.2) is 8.42 Å². The highest BCUT2D eigenvalue weighted by Gasteiger charge is 2.50. The predicted octanol–water partition coefficient (Wildman–Crippen LogP) is 9.19. The van der Waals surface area contributed by atoms with Crippen molar-refractivity contribution in [2.75, 3.05) is 106 Å². The van der Waals surface area contributed by atoms with Crippen LogP contribution in [0, 0.1) is 5.41 Å². The fourth-order valence-electron chi connectivity index (χ4n) is 12.8. The van der Waals surface area contributed by atoms with Crippen LogP contribution in [0.15, 0.2) is 131 Å². The van der Waals surface area contributed by atoms with Gasteiger partial charge < -0.3 is 25.2 Å². The minimum absolute atomic E-state index is 0.0317. The number of nitrogens with zero attached hydrogens (tertiary/aromatic N) is 5. The first-order chi connectivity index (χ1) is 42.4. The number of benzene rings is 5. The number of sulfone groups is 1. The topological polar surface area (TPSA) is 207 Å². The van der Waals surface area contributed by atoms with E-state index in [4.69, 9.17) is 16.3 Å². The number of rotatable bonds is 21. The molecule has 5 aliphatic heterocycles. The van der Waals surface area contributed by atoms with E-state index in [0.29, 0.717) is 80.7 Å². The number of alkyl halides is 3. The van der Waals surface area contributed by atoms with Gasteiger partial charge in [-0.05, 0) is 128 Å². The smallest absolute Gasteiger partial charge is 0.384 e. The second-order valence-electron chi connectivity index (χ2n) is 23.3. The van der Waals surface area contributed by atoms with Crippen LogP contribution in [0.4, 0.5) is 30.2 Å². The van der Waals surface area contributed by atoms with E-state index in [-0.39, 0.29) is 53.4 Å². The number of piperidine rings is 1. The summed E-state index contributed by atoms with van der Waals surface area (Å²) in [6.07, 6.45) is 4.42. The molecule has 2 atom stereocenters. The van der Waals surface area contributed by atoms with E-state index in [0.717, 1.165) is 91.7 Å². The number of thioether (sulfide) groups is 1. The molecular weight excluding hydrogens is 1210 g/mol. The number of halogens is 4. The monoisotopic (exact) mass is 1280 g/mol. The highest BCUT2D eigenvalue weighted by Crippen LogP contribution is 2.49. The molecule has 5 heterocycles. The Labute approximate surface area is 526 Å². The SMILES string of the molecule is NS.O=C1CCC(N2C(=O)c3cccc(NCCCC(=O)N4CC5(CCC(c6ccc(Cl)cc6)=C(CN6CCN(c7ccc(Cc8ccc(NC(CCN9CCOCC9)CSc9ccccc9)c(S(=O)(=O)C(F)(F)F)c8)cc7)CC6)C5)C4)c3C2=O)C(=O)N1. The third-order valence-corrected chi connectivity index (χ3v) is 20.4. The Kier molecular flexibility index (Phi) is 21.0. The van der Waals surface area contributed by atoms with Gasteiger partial charge in [0.15, 0.2) is 0 Å². The number of nitrogens with two attached hydrogens (primary N) is 1. The van der Waals surface area contributed by atoms with Crippen LogP contribution in [-0.2, 0) is 35.4 Å². The molecule has 4 fully saturated rings.